The van der Waals surface area contributed by atoms with E-state index in [0.717, 1.165) is 10.2 Å². The van der Waals surface area contributed by atoms with E-state index in [1.807, 2.05) is 24.3 Å². The van der Waals surface area contributed by atoms with Crippen LogP contribution in [0.25, 0.3) is 0 Å². The predicted molar refractivity (Wildman–Crippen MR) is 63.3 cm³/mol. The Balaban J connectivity index is 2.28. The summed E-state index contributed by atoms with van der Waals surface area (Å²) in [6.07, 6.45) is 0. The lowest BCUT2D eigenvalue weighted by Gasteiger charge is -2.34. The number of halogens is 1. The van der Waals surface area contributed by atoms with Gasteiger partial charge in [-0.1, -0.05) is 15.9 Å². The molecule has 1 N–H and O–H groups in total. The highest BCUT2D eigenvalue weighted by atomic mass is 79.9. The van der Waals surface area contributed by atoms with Crippen LogP contribution < -0.4 is 4.90 Å². The number of hydrogen-bond donors (Lipinski definition) is 1. The first-order valence-electron chi connectivity index (χ1n) is 4.98. The van der Waals surface area contributed by atoms with E-state index < -0.39 is 0 Å². The molecular weight excluding hydrogens is 274 g/mol. The second kappa shape index (κ2) is 4.95. The van der Waals surface area contributed by atoms with Crippen molar-refractivity contribution in [3.63, 3.8) is 0 Å². The van der Waals surface area contributed by atoms with E-state index in [2.05, 4.69) is 15.9 Å². The maximum Gasteiger partial charge on any atom is 0.253 e. The highest BCUT2D eigenvalue weighted by Crippen LogP contribution is 2.22. The topological polar surface area (TPSA) is 49.8 Å². The molecule has 0 bridgehead atoms. The molecule has 0 radical (unpaired) electrons. The molecule has 5 heteroatoms. The number of morpholine rings is 1. The summed E-state index contributed by atoms with van der Waals surface area (Å²) in [6.45, 7) is 0.354. The van der Waals surface area contributed by atoms with E-state index in [-0.39, 0.29) is 25.2 Å². The summed E-state index contributed by atoms with van der Waals surface area (Å²) in [7, 11) is 0. The number of ether oxygens (including phenoxy) is 1. The molecule has 86 valence electrons. The number of nitrogens with zero attached hydrogens (tertiary/aromatic N) is 1. The molecule has 0 aromatic heterocycles. The molecule has 1 heterocycles. The van der Waals surface area contributed by atoms with Crippen LogP contribution >= 0.6 is 15.9 Å². The van der Waals surface area contributed by atoms with Crippen molar-refractivity contribution in [1.82, 2.24) is 0 Å². The van der Waals surface area contributed by atoms with Gasteiger partial charge < -0.3 is 14.7 Å². The summed E-state index contributed by atoms with van der Waals surface area (Å²) in [5.41, 5.74) is 0.788. The van der Waals surface area contributed by atoms with Crippen LogP contribution in [0.15, 0.2) is 28.7 Å². The fourth-order valence-corrected chi connectivity index (χ4v) is 1.99. The molecule has 0 aliphatic carbocycles. The Bertz CT molecular complexity index is 379. The highest BCUT2D eigenvalue weighted by molar-refractivity contribution is 9.10. The van der Waals surface area contributed by atoms with E-state index in [1.54, 1.807) is 4.90 Å². The fourth-order valence-electron chi connectivity index (χ4n) is 1.72. The summed E-state index contributed by atoms with van der Waals surface area (Å²) in [5, 5.41) is 9.21. The third kappa shape index (κ3) is 2.26. The van der Waals surface area contributed by atoms with Gasteiger partial charge in [-0.15, -0.1) is 0 Å². The Kier molecular flexibility index (Phi) is 3.58. The molecule has 1 aromatic rings. The van der Waals surface area contributed by atoms with E-state index in [1.165, 1.54) is 0 Å². The minimum atomic E-state index is -0.289. The fraction of sp³-hybridized carbons (Fsp3) is 0.364. The lowest BCUT2D eigenvalue weighted by atomic mass is 10.2. The van der Waals surface area contributed by atoms with Gasteiger partial charge in [-0.25, -0.2) is 0 Å². The molecule has 1 fully saturated rings. The molecular formula is C11H12BrNO3. The van der Waals surface area contributed by atoms with Crippen LogP contribution in [-0.2, 0) is 9.53 Å². The van der Waals surface area contributed by atoms with Gasteiger partial charge in [0.15, 0.2) is 0 Å². The third-order valence-corrected chi connectivity index (χ3v) is 3.01. The van der Waals surface area contributed by atoms with Gasteiger partial charge in [0.2, 0.25) is 0 Å². The Labute approximate surface area is 102 Å². The summed E-state index contributed by atoms with van der Waals surface area (Å²) in [4.78, 5) is 13.3. The maximum atomic E-state index is 11.7. The first kappa shape index (κ1) is 11.6. The zero-order valence-electron chi connectivity index (χ0n) is 8.60. The van der Waals surface area contributed by atoms with Crippen LogP contribution in [0, 0.1) is 0 Å². The van der Waals surface area contributed by atoms with Gasteiger partial charge >= 0.3 is 0 Å². The lowest BCUT2D eigenvalue weighted by Crippen LogP contribution is -2.51. The zero-order valence-corrected chi connectivity index (χ0v) is 10.2. The van der Waals surface area contributed by atoms with Crippen molar-refractivity contribution in [3.05, 3.63) is 28.7 Å². The zero-order chi connectivity index (χ0) is 11.5. The van der Waals surface area contributed by atoms with Crippen LogP contribution in [-0.4, -0.2) is 36.9 Å². The number of carbonyl (C=O) groups excluding carboxylic acids is 1. The second-order valence-corrected chi connectivity index (χ2v) is 4.51. The number of aliphatic hydroxyl groups is 1. The SMILES string of the molecule is O=C1COCC(CO)N1c1ccc(Br)cc1. The first-order chi connectivity index (χ1) is 7.72. The molecule has 1 aliphatic heterocycles. The molecule has 1 atom stereocenters. The van der Waals surface area contributed by atoms with Crippen LogP contribution in [0.1, 0.15) is 0 Å². The number of anilines is 1. The highest BCUT2D eigenvalue weighted by Gasteiger charge is 2.29. The minimum absolute atomic E-state index is 0.0760. The number of benzene rings is 1. The average molecular weight is 286 g/mol. The summed E-state index contributed by atoms with van der Waals surface area (Å²) >= 11 is 3.34. The monoisotopic (exact) mass is 285 g/mol. The molecule has 1 aliphatic rings. The smallest absolute Gasteiger partial charge is 0.253 e. The van der Waals surface area contributed by atoms with Gasteiger partial charge in [0.05, 0.1) is 19.3 Å². The largest absolute Gasteiger partial charge is 0.394 e. The van der Waals surface area contributed by atoms with Crippen molar-refractivity contribution in [2.24, 2.45) is 0 Å². The van der Waals surface area contributed by atoms with Gasteiger partial charge in [0.1, 0.15) is 6.61 Å². The van der Waals surface area contributed by atoms with Crippen molar-refractivity contribution in [2.75, 3.05) is 24.7 Å². The van der Waals surface area contributed by atoms with Crippen molar-refractivity contribution in [1.29, 1.82) is 0 Å². The van der Waals surface area contributed by atoms with Gasteiger partial charge in [0, 0.05) is 10.2 Å². The van der Waals surface area contributed by atoms with Crippen molar-refractivity contribution >= 4 is 27.5 Å². The number of hydrogen-bond acceptors (Lipinski definition) is 3. The van der Waals surface area contributed by atoms with Gasteiger partial charge in [-0.2, -0.15) is 0 Å². The molecule has 16 heavy (non-hydrogen) atoms. The quantitative estimate of drug-likeness (QED) is 0.888. The van der Waals surface area contributed by atoms with Crippen LogP contribution in [0.4, 0.5) is 5.69 Å². The van der Waals surface area contributed by atoms with Crippen LogP contribution in [0.2, 0.25) is 0 Å². The Morgan fingerprint density at radius 1 is 1.44 bits per heavy atom. The third-order valence-electron chi connectivity index (χ3n) is 2.49. The predicted octanol–water partition coefficient (Wildman–Crippen LogP) is 1.17. The summed E-state index contributed by atoms with van der Waals surface area (Å²) < 4.78 is 6.06. The van der Waals surface area contributed by atoms with Crippen molar-refractivity contribution < 1.29 is 14.6 Å². The van der Waals surface area contributed by atoms with Gasteiger partial charge in [-0.3, -0.25) is 4.79 Å². The number of aliphatic hydroxyl groups excluding tert-OH is 1. The molecule has 1 amide bonds. The number of amides is 1. The average Bonchev–Trinajstić information content (AvgIpc) is 2.30. The minimum Gasteiger partial charge on any atom is -0.394 e. The molecule has 1 unspecified atom stereocenters. The van der Waals surface area contributed by atoms with E-state index >= 15 is 0 Å². The van der Waals surface area contributed by atoms with E-state index in [4.69, 9.17) is 4.74 Å². The Morgan fingerprint density at radius 2 is 2.12 bits per heavy atom. The first-order valence-corrected chi connectivity index (χ1v) is 5.78. The molecule has 2 rings (SSSR count). The molecule has 0 saturated carbocycles. The number of carbonyl (C=O) groups is 1. The van der Waals surface area contributed by atoms with Crippen LogP contribution in [0.5, 0.6) is 0 Å². The molecule has 1 saturated heterocycles. The maximum absolute atomic E-state index is 11.7. The Hall–Kier alpha value is -0.910. The molecule has 1 aromatic carbocycles. The van der Waals surface area contributed by atoms with Crippen LogP contribution in [0.3, 0.4) is 0 Å². The van der Waals surface area contributed by atoms with Gasteiger partial charge in [0.25, 0.3) is 5.91 Å². The van der Waals surface area contributed by atoms with E-state index in [9.17, 15) is 9.90 Å². The normalized spacial score (nSPS) is 21.2. The number of rotatable bonds is 2. The summed E-state index contributed by atoms with van der Waals surface area (Å²) in [5.74, 6) is -0.118. The summed E-state index contributed by atoms with van der Waals surface area (Å²) in [6, 6.07) is 7.13. The molecule has 0 spiro atoms. The lowest BCUT2D eigenvalue weighted by molar-refractivity contribution is -0.128. The van der Waals surface area contributed by atoms with Gasteiger partial charge in [-0.05, 0) is 24.3 Å². The molecule has 4 nitrogen and oxygen atoms in total. The standard InChI is InChI=1S/C11H12BrNO3/c12-8-1-3-9(4-2-8)13-10(5-14)6-16-7-11(13)15/h1-4,10,14H,5-7H2. The second-order valence-electron chi connectivity index (χ2n) is 3.59. The Morgan fingerprint density at radius 3 is 2.75 bits per heavy atom. The van der Waals surface area contributed by atoms with E-state index in [0.29, 0.717) is 6.61 Å². The van der Waals surface area contributed by atoms with Crippen molar-refractivity contribution in [3.8, 4) is 0 Å². The van der Waals surface area contributed by atoms with Crippen molar-refractivity contribution in [2.45, 2.75) is 6.04 Å².